The van der Waals surface area contributed by atoms with E-state index in [4.69, 9.17) is 16.9 Å². The van der Waals surface area contributed by atoms with Crippen LogP contribution in [0.2, 0.25) is 5.02 Å². The lowest BCUT2D eigenvalue weighted by atomic mass is 10.3. The van der Waals surface area contributed by atoms with Crippen molar-refractivity contribution in [1.82, 2.24) is 9.61 Å². The first-order valence-corrected chi connectivity index (χ1v) is 4.05. The van der Waals surface area contributed by atoms with E-state index in [1.54, 1.807) is 6.07 Å². The summed E-state index contributed by atoms with van der Waals surface area (Å²) in [5.41, 5.74) is 0.773. The van der Waals surface area contributed by atoms with Crippen molar-refractivity contribution in [1.29, 1.82) is 5.26 Å². The standard InChI is InChI=1S/C8H3ClN4O/c9-8-5(3-10)4-11-13-6(8)1-2-7(13)12-14/h1-2,4H. The van der Waals surface area contributed by atoms with Crippen LogP contribution >= 0.6 is 11.6 Å². The van der Waals surface area contributed by atoms with Crippen LogP contribution in [0.25, 0.3) is 5.52 Å². The molecule has 0 aliphatic heterocycles. The molecule has 0 atom stereocenters. The molecule has 0 saturated carbocycles. The Morgan fingerprint density at radius 3 is 3.00 bits per heavy atom. The van der Waals surface area contributed by atoms with E-state index in [1.807, 2.05) is 6.07 Å². The number of fused-ring (bicyclic) bond motifs is 1. The van der Waals surface area contributed by atoms with Crippen molar-refractivity contribution in [2.45, 2.75) is 0 Å². The van der Waals surface area contributed by atoms with Crippen LogP contribution in [0.4, 0.5) is 5.82 Å². The van der Waals surface area contributed by atoms with Crippen molar-refractivity contribution in [3.8, 4) is 6.07 Å². The fourth-order valence-electron chi connectivity index (χ4n) is 1.16. The molecule has 0 fully saturated rings. The molecule has 0 aromatic carbocycles. The van der Waals surface area contributed by atoms with E-state index < -0.39 is 0 Å². The van der Waals surface area contributed by atoms with Gasteiger partial charge in [0.25, 0.3) is 0 Å². The highest BCUT2D eigenvalue weighted by Gasteiger charge is 2.09. The van der Waals surface area contributed by atoms with Crippen LogP contribution in [0.15, 0.2) is 23.5 Å². The molecule has 14 heavy (non-hydrogen) atoms. The Labute approximate surface area is 83.5 Å². The maximum atomic E-state index is 10.3. The predicted octanol–water partition coefficient (Wildman–Crippen LogP) is 2.26. The van der Waals surface area contributed by atoms with Gasteiger partial charge in [0, 0.05) is 0 Å². The molecule has 0 spiro atoms. The average Bonchev–Trinajstić information content (AvgIpc) is 2.62. The van der Waals surface area contributed by atoms with Gasteiger partial charge in [-0.2, -0.15) is 10.4 Å². The third-order valence-corrected chi connectivity index (χ3v) is 2.21. The van der Waals surface area contributed by atoms with Gasteiger partial charge in [-0.05, 0) is 17.3 Å². The van der Waals surface area contributed by atoms with Gasteiger partial charge in [-0.1, -0.05) is 11.6 Å². The molecule has 0 aliphatic carbocycles. The zero-order chi connectivity index (χ0) is 10.1. The normalized spacial score (nSPS) is 10.0. The summed E-state index contributed by atoms with van der Waals surface area (Å²) in [4.78, 5) is 10.3. The number of hydrogen-bond donors (Lipinski definition) is 0. The monoisotopic (exact) mass is 206 g/mol. The largest absolute Gasteiger partial charge is 0.210 e. The summed E-state index contributed by atoms with van der Waals surface area (Å²) >= 11 is 5.88. The van der Waals surface area contributed by atoms with Gasteiger partial charge < -0.3 is 0 Å². The molecule has 0 amide bonds. The zero-order valence-corrected chi connectivity index (χ0v) is 7.56. The Kier molecular flexibility index (Phi) is 1.91. The Morgan fingerprint density at radius 2 is 2.36 bits per heavy atom. The fraction of sp³-hybridized carbons (Fsp3) is 0. The van der Waals surface area contributed by atoms with Crippen LogP contribution in [0.5, 0.6) is 0 Å². The summed E-state index contributed by atoms with van der Waals surface area (Å²) in [7, 11) is 0. The number of rotatable bonds is 1. The third-order valence-electron chi connectivity index (χ3n) is 1.81. The third kappa shape index (κ3) is 1.05. The van der Waals surface area contributed by atoms with Crippen molar-refractivity contribution in [3.63, 3.8) is 0 Å². The number of nitroso groups, excluding NO2 is 1. The molecule has 2 aromatic heterocycles. The van der Waals surface area contributed by atoms with E-state index in [1.165, 1.54) is 16.8 Å². The fourth-order valence-corrected chi connectivity index (χ4v) is 1.40. The molecule has 0 saturated heterocycles. The number of nitrogens with zero attached hydrogens (tertiary/aromatic N) is 4. The van der Waals surface area contributed by atoms with Gasteiger partial charge in [-0.15, -0.1) is 4.91 Å². The van der Waals surface area contributed by atoms with Gasteiger partial charge >= 0.3 is 0 Å². The Hall–Kier alpha value is -1.93. The molecule has 0 N–H and O–H groups in total. The minimum Gasteiger partial charge on any atom is -0.210 e. The summed E-state index contributed by atoms with van der Waals surface area (Å²) in [5.74, 6) is 0.159. The number of nitriles is 1. The summed E-state index contributed by atoms with van der Waals surface area (Å²) in [6.45, 7) is 0. The van der Waals surface area contributed by atoms with Crippen LogP contribution in [-0.4, -0.2) is 9.61 Å². The van der Waals surface area contributed by atoms with Gasteiger partial charge in [-0.3, -0.25) is 0 Å². The van der Waals surface area contributed by atoms with E-state index >= 15 is 0 Å². The minimum absolute atomic E-state index is 0.159. The number of aromatic nitrogens is 2. The first-order valence-electron chi connectivity index (χ1n) is 3.67. The Balaban J connectivity index is 2.87. The molecular formula is C8H3ClN4O. The van der Waals surface area contributed by atoms with Gasteiger partial charge in [0.15, 0.2) is 5.82 Å². The van der Waals surface area contributed by atoms with Crippen LogP contribution in [0.1, 0.15) is 5.56 Å². The molecule has 2 rings (SSSR count). The highest BCUT2D eigenvalue weighted by molar-refractivity contribution is 6.35. The van der Waals surface area contributed by atoms with Crippen LogP contribution in [-0.2, 0) is 0 Å². The van der Waals surface area contributed by atoms with Crippen molar-refractivity contribution in [2.75, 3.05) is 0 Å². The van der Waals surface area contributed by atoms with Gasteiger partial charge in [-0.25, -0.2) is 4.52 Å². The minimum atomic E-state index is 0.159. The molecule has 5 nitrogen and oxygen atoms in total. The summed E-state index contributed by atoms with van der Waals surface area (Å²) in [6, 6.07) is 4.98. The van der Waals surface area contributed by atoms with Crippen molar-refractivity contribution in [3.05, 3.63) is 33.8 Å². The summed E-state index contributed by atoms with van der Waals surface area (Å²) < 4.78 is 1.29. The van der Waals surface area contributed by atoms with Gasteiger partial charge in [0.2, 0.25) is 0 Å². The van der Waals surface area contributed by atoms with Crippen LogP contribution in [0, 0.1) is 16.2 Å². The second kappa shape index (κ2) is 3.09. The zero-order valence-electron chi connectivity index (χ0n) is 6.81. The molecule has 0 unspecified atom stereocenters. The van der Waals surface area contributed by atoms with Crippen molar-refractivity contribution in [2.24, 2.45) is 5.18 Å². The second-order valence-electron chi connectivity index (χ2n) is 2.56. The highest BCUT2D eigenvalue weighted by atomic mass is 35.5. The highest BCUT2D eigenvalue weighted by Crippen LogP contribution is 2.25. The lowest BCUT2D eigenvalue weighted by Gasteiger charge is -1.98. The SMILES string of the molecule is N#Cc1cnn2c(N=O)ccc2c1Cl. The van der Waals surface area contributed by atoms with E-state index in [9.17, 15) is 4.91 Å². The maximum Gasteiger partial charge on any atom is 0.198 e. The first kappa shape index (κ1) is 8.66. The predicted molar refractivity (Wildman–Crippen MR) is 50.4 cm³/mol. The smallest absolute Gasteiger partial charge is 0.198 e. The van der Waals surface area contributed by atoms with E-state index in [0.29, 0.717) is 5.52 Å². The lowest BCUT2D eigenvalue weighted by Crippen LogP contribution is -1.92. The molecule has 2 heterocycles. The van der Waals surface area contributed by atoms with E-state index in [-0.39, 0.29) is 16.4 Å². The lowest BCUT2D eigenvalue weighted by molar-refractivity contribution is 0.934. The molecule has 6 heteroatoms. The summed E-state index contributed by atoms with van der Waals surface area (Å²) in [6.07, 6.45) is 1.30. The number of hydrogen-bond acceptors (Lipinski definition) is 4. The quantitative estimate of drug-likeness (QED) is 0.672. The van der Waals surface area contributed by atoms with Crippen LogP contribution in [0.3, 0.4) is 0 Å². The Morgan fingerprint density at radius 1 is 1.57 bits per heavy atom. The first-order chi connectivity index (χ1) is 6.77. The van der Waals surface area contributed by atoms with E-state index in [2.05, 4.69) is 10.3 Å². The van der Waals surface area contributed by atoms with Gasteiger partial charge in [0.05, 0.1) is 22.3 Å². The molecule has 68 valence electrons. The maximum absolute atomic E-state index is 10.3. The van der Waals surface area contributed by atoms with Crippen LogP contribution < -0.4 is 0 Å². The topological polar surface area (TPSA) is 70.5 Å². The van der Waals surface area contributed by atoms with Crippen molar-refractivity contribution < 1.29 is 0 Å². The average molecular weight is 207 g/mol. The van der Waals surface area contributed by atoms with Gasteiger partial charge in [0.1, 0.15) is 6.07 Å². The summed E-state index contributed by atoms with van der Waals surface area (Å²) in [5, 5.41) is 15.6. The van der Waals surface area contributed by atoms with E-state index in [0.717, 1.165) is 0 Å². The molecule has 2 aromatic rings. The van der Waals surface area contributed by atoms with Crippen molar-refractivity contribution >= 4 is 22.9 Å². The molecule has 0 aliphatic rings. The second-order valence-corrected chi connectivity index (χ2v) is 2.94. The molecule has 0 bridgehead atoms. The molecule has 0 radical (unpaired) electrons. The molecular weight excluding hydrogens is 204 g/mol. The Bertz CT molecular complexity index is 554. The number of halogens is 1.